The van der Waals surface area contributed by atoms with E-state index in [2.05, 4.69) is 24.8 Å². The fraction of sp³-hybridized carbons (Fsp3) is 0.0769. The van der Waals surface area contributed by atoms with Crippen molar-refractivity contribution in [3.63, 3.8) is 0 Å². The summed E-state index contributed by atoms with van der Waals surface area (Å²) >= 11 is 0. The van der Waals surface area contributed by atoms with Crippen molar-refractivity contribution < 1.29 is 18.1 Å². The van der Waals surface area contributed by atoms with Gasteiger partial charge in [0, 0.05) is 18.3 Å². The van der Waals surface area contributed by atoms with Crippen molar-refractivity contribution in [1.29, 1.82) is 0 Å². The minimum absolute atomic E-state index is 0.0454. The Bertz CT molecular complexity index is 1070. The molecule has 0 radical (unpaired) electrons. The third-order valence-corrected chi connectivity index (χ3v) is 4.24. The number of hydrogen-bond donors (Lipinski definition) is 1. The van der Waals surface area contributed by atoms with E-state index in [0.29, 0.717) is 0 Å². The van der Waals surface area contributed by atoms with E-state index in [4.69, 9.17) is 4.74 Å². The van der Waals surface area contributed by atoms with Crippen molar-refractivity contribution >= 4 is 21.4 Å². The molecule has 0 amide bonds. The molecule has 0 aliphatic heterocycles. The van der Waals surface area contributed by atoms with Gasteiger partial charge in [0.1, 0.15) is 12.0 Å². The summed E-state index contributed by atoms with van der Waals surface area (Å²) in [4.78, 5) is 21.9. The number of nitro groups is 1. The van der Waals surface area contributed by atoms with Crippen LogP contribution in [0, 0.1) is 10.1 Å². The summed E-state index contributed by atoms with van der Waals surface area (Å²) in [5.74, 6) is 0.303. The van der Waals surface area contributed by atoms with Crippen molar-refractivity contribution in [3.8, 4) is 11.8 Å². The van der Waals surface area contributed by atoms with E-state index in [1.54, 1.807) is 0 Å². The number of para-hydroxylation sites is 2. The topological polar surface area (TPSA) is 155 Å². The second-order valence-electron chi connectivity index (χ2n) is 4.75. The number of rotatable bonds is 6. The summed E-state index contributed by atoms with van der Waals surface area (Å²) in [7, 11) is -2.84. The number of benzene rings is 1. The second kappa shape index (κ2) is 6.72. The first kappa shape index (κ1) is 17.2. The maximum atomic E-state index is 12.4. The molecule has 2 heterocycles. The van der Waals surface area contributed by atoms with Crippen LogP contribution in [0.5, 0.6) is 5.88 Å². The summed E-state index contributed by atoms with van der Waals surface area (Å²) in [6.07, 6.45) is 2.51. The van der Waals surface area contributed by atoms with Gasteiger partial charge in [0.2, 0.25) is 5.88 Å². The monoisotopic (exact) mass is 377 g/mol. The molecule has 0 saturated heterocycles. The Morgan fingerprint density at radius 2 is 2.00 bits per heavy atom. The third kappa shape index (κ3) is 3.41. The zero-order chi connectivity index (χ0) is 18.7. The minimum Gasteiger partial charge on any atom is -0.481 e. The third-order valence-electron chi connectivity index (χ3n) is 3.09. The van der Waals surface area contributed by atoms with Crippen LogP contribution in [0.2, 0.25) is 0 Å². The number of aromatic nitrogens is 5. The van der Waals surface area contributed by atoms with E-state index in [-0.39, 0.29) is 17.5 Å². The normalized spacial score (nSPS) is 11.1. The number of sulfonamides is 1. The first-order chi connectivity index (χ1) is 12.4. The molecule has 2 aromatic heterocycles. The molecule has 134 valence electrons. The predicted molar refractivity (Wildman–Crippen MR) is 87.4 cm³/mol. The average Bonchev–Trinajstić information content (AvgIpc) is 3.13. The van der Waals surface area contributed by atoms with Crippen LogP contribution in [0.4, 0.5) is 11.4 Å². The van der Waals surface area contributed by atoms with Crippen LogP contribution in [-0.2, 0) is 10.0 Å². The molecular formula is C13H11N7O5S. The Morgan fingerprint density at radius 1 is 1.23 bits per heavy atom. The highest BCUT2D eigenvalue weighted by atomic mass is 32.2. The Kier molecular flexibility index (Phi) is 4.45. The van der Waals surface area contributed by atoms with Gasteiger partial charge in [-0.15, -0.1) is 5.10 Å². The van der Waals surface area contributed by atoms with Crippen LogP contribution in [0.25, 0.3) is 5.95 Å². The summed E-state index contributed by atoms with van der Waals surface area (Å²) in [6, 6.07) is 6.82. The molecule has 0 saturated carbocycles. The van der Waals surface area contributed by atoms with Crippen molar-refractivity contribution in [1.82, 2.24) is 24.7 Å². The molecule has 0 atom stereocenters. The standard InChI is InChI=1S/C13H11N7O5S/c1-25-11-6-7-14-12(16-11)19-8-15-13(17-19)26(23,24)18-9-4-2-3-5-10(9)20(21)22/h2-8,18H,1H3. The van der Waals surface area contributed by atoms with Crippen molar-refractivity contribution in [2.75, 3.05) is 11.8 Å². The van der Waals surface area contributed by atoms with Crippen LogP contribution in [0.1, 0.15) is 0 Å². The lowest BCUT2D eigenvalue weighted by atomic mass is 10.3. The first-order valence-electron chi connectivity index (χ1n) is 6.96. The van der Waals surface area contributed by atoms with Gasteiger partial charge in [0.15, 0.2) is 0 Å². The molecule has 3 aromatic rings. The fourth-order valence-electron chi connectivity index (χ4n) is 1.93. The number of hydrogen-bond acceptors (Lipinski definition) is 9. The number of nitrogens with one attached hydrogen (secondary N) is 1. The van der Waals surface area contributed by atoms with Gasteiger partial charge in [-0.3, -0.25) is 14.8 Å². The molecule has 0 bridgehead atoms. The van der Waals surface area contributed by atoms with Crippen molar-refractivity contribution in [2.45, 2.75) is 5.16 Å². The SMILES string of the molecule is COc1ccnc(-n2cnc(S(=O)(=O)Nc3ccccc3[N+](=O)[O-])n2)n1. The lowest BCUT2D eigenvalue weighted by Gasteiger charge is -2.05. The van der Waals surface area contributed by atoms with E-state index >= 15 is 0 Å². The molecule has 13 heteroatoms. The highest BCUT2D eigenvalue weighted by molar-refractivity contribution is 7.92. The number of ether oxygens (including phenoxy) is 1. The van der Waals surface area contributed by atoms with Gasteiger partial charge in [-0.05, 0) is 6.07 Å². The molecule has 1 aromatic carbocycles. The van der Waals surface area contributed by atoms with Gasteiger partial charge >= 0.3 is 0 Å². The Labute approximate surface area is 146 Å². The summed E-state index contributed by atoms with van der Waals surface area (Å²) in [5, 5.41) is 14.2. The van der Waals surface area contributed by atoms with Gasteiger partial charge in [-0.2, -0.15) is 18.1 Å². The highest BCUT2D eigenvalue weighted by Crippen LogP contribution is 2.25. The fourth-order valence-corrected chi connectivity index (χ4v) is 2.87. The van der Waals surface area contributed by atoms with Crippen molar-refractivity contribution in [3.05, 3.63) is 53.0 Å². The number of methoxy groups -OCH3 is 1. The molecule has 0 aliphatic rings. The second-order valence-corrected chi connectivity index (χ2v) is 6.33. The molecule has 26 heavy (non-hydrogen) atoms. The Morgan fingerprint density at radius 3 is 2.73 bits per heavy atom. The Hall–Kier alpha value is -3.61. The maximum absolute atomic E-state index is 12.4. The van der Waals surface area contributed by atoms with Crippen LogP contribution >= 0.6 is 0 Å². The summed E-state index contributed by atoms with van der Waals surface area (Å²) < 4.78 is 32.9. The molecule has 1 N–H and O–H groups in total. The number of nitro benzene ring substituents is 1. The molecule has 0 spiro atoms. The van der Waals surface area contributed by atoms with Gasteiger partial charge in [0.05, 0.1) is 12.0 Å². The maximum Gasteiger partial charge on any atom is 0.299 e. The molecule has 0 aliphatic carbocycles. The molecule has 3 rings (SSSR count). The van der Waals surface area contributed by atoms with Crippen LogP contribution in [0.3, 0.4) is 0 Å². The predicted octanol–water partition coefficient (Wildman–Crippen LogP) is 0.775. The Balaban J connectivity index is 1.92. The molecule has 12 nitrogen and oxygen atoms in total. The van der Waals surface area contributed by atoms with Gasteiger partial charge in [-0.1, -0.05) is 12.1 Å². The smallest absolute Gasteiger partial charge is 0.299 e. The highest BCUT2D eigenvalue weighted by Gasteiger charge is 2.24. The van der Waals surface area contributed by atoms with E-state index in [9.17, 15) is 18.5 Å². The minimum atomic E-state index is -4.26. The summed E-state index contributed by atoms with van der Waals surface area (Å²) in [6.45, 7) is 0. The van der Waals surface area contributed by atoms with Crippen LogP contribution in [0.15, 0.2) is 48.0 Å². The van der Waals surface area contributed by atoms with E-state index in [1.807, 2.05) is 0 Å². The van der Waals surface area contributed by atoms with E-state index in [0.717, 1.165) is 11.0 Å². The molecular weight excluding hydrogens is 366 g/mol. The van der Waals surface area contributed by atoms with Gasteiger partial charge in [-0.25, -0.2) is 9.97 Å². The first-order valence-corrected chi connectivity index (χ1v) is 8.44. The number of nitrogens with zero attached hydrogens (tertiary/aromatic N) is 6. The van der Waals surface area contributed by atoms with Crippen LogP contribution in [-0.4, -0.2) is 45.2 Å². The largest absolute Gasteiger partial charge is 0.481 e. The average molecular weight is 377 g/mol. The zero-order valence-electron chi connectivity index (χ0n) is 13.2. The number of anilines is 1. The molecule has 0 unspecified atom stereocenters. The molecule has 0 fully saturated rings. The van der Waals surface area contributed by atoms with Gasteiger partial charge < -0.3 is 4.74 Å². The zero-order valence-corrected chi connectivity index (χ0v) is 14.0. The summed E-state index contributed by atoms with van der Waals surface area (Å²) in [5.41, 5.74) is -0.599. The lowest BCUT2D eigenvalue weighted by Crippen LogP contribution is -2.16. The lowest BCUT2D eigenvalue weighted by molar-refractivity contribution is -0.383. The van der Waals surface area contributed by atoms with Crippen LogP contribution < -0.4 is 9.46 Å². The van der Waals surface area contributed by atoms with E-state index < -0.39 is 25.8 Å². The van der Waals surface area contributed by atoms with Gasteiger partial charge in [0.25, 0.3) is 26.8 Å². The van der Waals surface area contributed by atoms with E-state index in [1.165, 1.54) is 43.6 Å². The van der Waals surface area contributed by atoms with Crippen molar-refractivity contribution in [2.24, 2.45) is 0 Å². The quantitative estimate of drug-likeness (QED) is 0.484.